The molecule has 3 heterocycles. The first kappa shape index (κ1) is 19.6. The Kier molecular flexibility index (Phi) is 4.52. The van der Waals surface area contributed by atoms with Crippen molar-refractivity contribution in [1.82, 2.24) is 15.4 Å². The molecule has 1 aromatic heterocycles. The molecule has 0 saturated heterocycles. The first-order chi connectivity index (χ1) is 14.8. The molecule has 9 nitrogen and oxygen atoms in total. The lowest BCUT2D eigenvalue weighted by Crippen LogP contribution is -2.41. The molecule has 0 radical (unpaired) electrons. The topological polar surface area (TPSA) is 113 Å². The van der Waals surface area contributed by atoms with Crippen LogP contribution in [0.25, 0.3) is 10.9 Å². The second-order valence-corrected chi connectivity index (χ2v) is 9.94. The number of sulfonamides is 1. The van der Waals surface area contributed by atoms with Gasteiger partial charge in [-0.15, -0.1) is 4.40 Å². The fraction of sp³-hybridized carbons (Fsp3) is 0.150. The van der Waals surface area contributed by atoms with Crippen LogP contribution in [0.3, 0.4) is 0 Å². The zero-order valence-electron chi connectivity index (χ0n) is 16.3. The van der Waals surface area contributed by atoms with Gasteiger partial charge in [0.05, 0.1) is 17.0 Å². The van der Waals surface area contributed by atoms with Crippen molar-refractivity contribution in [3.05, 3.63) is 59.8 Å². The summed E-state index contributed by atoms with van der Waals surface area (Å²) in [6.45, 7) is 0.327. The average molecular weight is 456 g/mol. The molecule has 0 saturated carbocycles. The third-order valence-corrected chi connectivity index (χ3v) is 7.47. The standard InChI is InChI=1S/C20H17N5O4S2/c1-24-11-14(13-4-2-3-5-15(13)24)19(27)22-21-18(26)12-6-7-16-17(10-12)30-20-23-31(28,29)9-8-25(16)20/h2-7,10-11H,8-9H2,1H3,(H,21,26)(H,22,27). The Bertz CT molecular complexity index is 1390. The number of carbonyl (C=O) groups is 2. The summed E-state index contributed by atoms with van der Waals surface area (Å²) in [4.78, 5) is 27.8. The zero-order chi connectivity index (χ0) is 21.8. The van der Waals surface area contributed by atoms with E-state index in [9.17, 15) is 18.0 Å². The van der Waals surface area contributed by atoms with E-state index < -0.39 is 21.8 Å². The monoisotopic (exact) mass is 455 g/mol. The van der Waals surface area contributed by atoms with E-state index in [1.165, 1.54) is 11.8 Å². The number of hydrogen-bond donors (Lipinski definition) is 2. The number of amidine groups is 1. The number of aromatic nitrogens is 1. The van der Waals surface area contributed by atoms with Gasteiger partial charge in [-0.05, 0) is 36.0 Å². The van der Waals surface area contributed by atoms with Gasteiger partial charge in [0.2, 0.25) is 0 Å². The third kappa shape index (κ3) is 3.45. The fourth-order valence-electron chi connectivity index (χ4n) is 3.65. The number of rotatable bonds is 2. The van der Waals surface area contributed by atoms with Crippen molar-refractivity contribution in [3.8, 4) is 0 Å². The summed E-state index contributed by atoms with van der Waals surface area (Å²) < 4.78 is 29.1. The Morgan fingerprint density at radius 1 is 1.10 bits per heavy atom. The molecular formula is C20H17N5O4S2. The summed E-state index contributed by atoms with van der Waals surface area (Å²) in [6, 6.07) is 12.5. The Labute approximate surface area is 182 Å². The van der Waals surface area contributed by atoms with Crippen molar-refractivity contribution < 1.29 is 18.0 Å². The molecule has 31 heavy (non-hydrogen) atoms. The SMILES string of the molecule is Cn1cc(C(=O)NNC(=O)c2ccc3c(c2)SC2=NS(=O)(=O)CCN23)c2ccccc21. The van der Waals surface area contributed by atoms with Crippen LogP contribution >= 0.6 is 11.8 Å². The van der Waals surface area contributed by atoms with Gasteiger partial charge in [-0.3, -0.25) is 20.4 Å². The normalized spacial score (nSPS) is 16.4. The van der Waals surface area contributed by atoms with Gasteiger partial charge >= 0.3 is 0 Å². The molecular weight excluding hydrogens is 438 g/mol. The maximum Gasteiger partial charge on any atom is 0.271 e. The van der Waals surface area contributed by atoms with Gasteiger partial charge in [0.15, 0.2) is 5.17 Å². The summed E-state index contributed by atoms with van der Waals surface area (Å²) in [6.07, 6.45) is 1.71. The first-order valence-electron chi connectivity index (χ1n) is 9.39. The molecule has 11 heteroatoms. The van der Waals surface area contributed by atoms with Gasteiger partial charge in [-0.1, -0.05) is 18.2 Å². The molecule has 3 aromatic rings. The van der Waals surface area contributed by atoms with Gasteiger partial charge in [0.1, 0.15) is 0 Å². The predicted molar refractivity (Wildman–Crippen MR) is 119 cm³/mol. The van der Waals surface area contributed by atoms with E-state index in [0.717, 1.165) is 21.5 Å². The second kappa shape index (κ2) is 7.13. The van der Waals surface area contributed by atoms with Crippen LogP contribution in [0.2, 0.25) is 0 Å². The van der Waals surface area contributed by atoms with Crippen molar-refractivity contribution in [2.45, 2.75) is 4.90 Å². The van der Waals surface area contributed by atoms with Gasteiger partial charge in [0.25, 0.3) is 21.8 Å². The van der Waals surface area contributed by atoms with Crippen LogP contribution in [0, 0.1) is 0 Å². The maximum atomic E-state index is 12.6. The molecule has 2 aromatic carbocycles. The minimum Gasteiger partial charge on any atom is -0.350 e. The number of thioether (sulfide) groups is 1. The van der Waals surface area contributed by atoms with Crippen molar-refractivity contribution >= 4 is 55.4 Å². The van der Waals surface area contributed by atoms with E-state index >= 15 is 0 Å². The number of hydrazine groups is 1. The highest BCUT2D eigenvalue weighted by molar-refractivity contribution is 8.15. The van der Waals surface area contributed by atoms with Crippen molar-refractivity contribution in [2.75, 3.05) is 17.2 Å². The Balaban J connectivity index is 1.32. The average Bonchev–Trinajstić information content (AvgIpc) is 3.27. The number of nitrogens with zero attached hydrogens (tertiary/aromatic N) is 3. The van der Waals surface area contributed by atoms with Crippen LogP contribution in [0.4, 0.5) is 5.69 Å². The van der Waals surface area contributed by atoms with E-state index in [2.05, 4.69) is 15.2 Å². The number of aryl methyl sites for hydroxylation is 1. The summed E-state index contributed by atoms with van der Waals surface area (Å²) in [5, 5.41) is 1.18. The molecule has 158 valence electrons. The number of anilines is 1. The molecule has 2 amide bonds. The lowest BCUT2D eigenvalue weighted by molar-refractivity contribution is 0.0847. The molecule has 0 bridgehead atoms. The third-order valence-electron chi connectivity index (χ3n) is 5.17. The van der Waals surface area contributed by atoms with E-state index in [1.54, 1.807) is 24.4 Å². The smallest absolute Gasteiger partial charge is 0.271 e. The number of hydrogen-bond acceptors (Lipinski definition) is 6. The Morgan fingerprint density at radius 3 is 2.71 bits per heavy atom. The lowest BCUT2D eigenvalue weighted by Gasteiger charge is -2.22. The van der Waals surface area contributed by atoms with Gasteiger partial charge in [0, 0.05) is 41.2 Å². The summed E-state index contributed by atoms with van der Waals surface area (Å²) in [7, 11) is -1.59. The number of carbonyl (C=O) groups excluding carboxylic acids is 2. The molecule has 0 spiro atoms. The molecule has 0 fully saturated rings. The van der Waals surface area contributed by atoms with Crippen LogP contribution in [-0.2, 0) is 17.1 Å². The molecule has 5 rings (SSSR count). The molecule has 0 atom stereocenters. The van der Waals surface area contributed by atoms with Crippen molar-refractivity contribution in [1.29, 1.82) is 0 Å². The van der Waals surface area contributed by atoms with Gasteiger partial charge in [-0.2, -0.15) is 0 Å². The van der Waals surface area contributed by atoms with Gasteiger partial charge in [-0.25, -0.2) is 8.42 Å². The number of fused-ring (bicyclic) bond motifs is 4. The molecule has 0 aliphatic carbocycles. The van der Waals surface area contributed by atoms with Crippen LogP contribution in [0.5, 0.6) is 0 Å². The highest BCUT2D eigenvalue weighted by Gasteiger charge is 2.33. The number of benzene rings is 2. The van der Waals surface area contributed by atoms with E-state index in [1.807, 2.05) is 40.8 Å². The molecule has 2 N–H and O–H groups in total. The fourth-order valence-corrected chi connectivity index (χ4v) is 5.94. The van der Waals surface area contributed by atoms with E-state index in [-0.39, 0.29) is 5.75 Å². The molecule has 2 aliphatic rings. The highest BCUT2D eigenvalue weighted by atomic mass is 32.2. The van der Waals surface area contributed by atoms with Crippen molar-refractivity contribution in [3.63, 3.8) is 0 Å². The maximum absolute atomic E-state index is 12.6. The Morgan fingerprint density at radius 2 is 1.87 bits per heavy atom. The quantitative estimate of drug-likeness (QED) is 0.571. The summed E-state index contributed by atoms with van der Waals surface area (Å²) >= 11 is 1.21. The molecule has 0 unspecified atom stereocenters. The first-order valence-corrected chi connectivity index (χ1v) is 11.8. The second-order valence-electron chi connectivity index (χ2n) is 7.18. The largest absolute Gasteiger partial charge is 0.350 e. The summed E-state index contributed by atoms with van der Waals surface area (Å²) in [5.41, 5.74) is 7.43. The van der Waals surface area contributed by atoms with Crippen LogP contribution < -0.4 is 15.8 Å². The van der Waals surface area contributed by atoms with Crippen LogP contribution in [0.15, 0.2) is 58.0 Å². The van der Waals surface area contributed by atoms with Crippen LogP contribution in [0.1, 0.15) is 20.7 Å². The van der Waals surface area contributed by atoms with Crippen LogP contribution in [-0.4, -0.2) is 42.3 Å². The number of nitrogens with one attached hydrogen (secondary N) is 2. The minimum atomic E-state index is -3.44. The Hall–Kier alpha value is -3.31. The summed E-state index contributed by atoms with van der Waals surface area (Å²) in [5.74, 6) is -0.937. The minimum absolute atomic E-state index is 0.0427. The van der Waals surface area contributed by atoms with Gasteiger partial charge < -0.3 is 9.47 Å². The zero-order valence-corrected chi connectivity index (χ0v) is 18.0. The van der Waals surface area contributed by atoms with E-state index in [0.29, 0.717) is 22.8 Å². The highest BCUT2D eigenvalue weighted by Crippen LogP contribution is 2.42. The predicted octanol–water partition coefficient (Wildman–Crippen LogP) is 1.86. The number of amides is 2. The van der Waals surface area contributed by atoms with Crippen molar-refractivity contribution in [2.24, 2.45) is 11.4 Å². The van der Waals surface area contributed by atoms with E-state index in [4.69, 9.17) is 0 Å². The number of para-hydroxylation sites is 1. The lowest BCUT2D eigenvalue weighted by atomic mass is 10.1. The molecule has 2 aliphatic heterocycles.